The van der Waals surface area contributed by atoms with E-state index in [1.54, 1.807) is 18.7 Å². The third kappa shape index (κ3) is 1.95. The summed E-state index contributed by atoms with van der Waals surface area (Å²) >= 11 is 1.51. The molecule has 1 aliphatic heterocycles. The van der Waals surface area contributed by atoms with E-state index in [1.165, 1.54) is 11.3 Å². The predicted molar refractivity (Wildman–Crippen MR) is 67.2 cm³/mol. The fraction of sp³-hybridized carbons (Fsp3) is 0.500. The first-order valence-corrected chi connectivity index (χ1v) is 6.52. The van der Waals surface area contributed by atoms with E-state index in [0.29, 0.717) is 18.7 Å². The van der Waals surface area contributed by atoms with Gasteiger partial charge in [-0.1, -0.05) is 0 Å². The van der Waals surface area contributed by atoms with E-state index in [0.717, 1.165) is 5.56 Å². The highest BCUT2D eigenvalue weighted by atomic mass is 32.1. The van der Waals surface area contributed by atoms with Gasteiger partial charge in [0.05, 0.1) is 5.56 Å². The molecule has 2 heterocycles. The zero-order chi connectivity index (χ0) is 12.6. The van der Waals surface area contributed by atoms with Gasteiger partial charge in [0.25, 0.3) is 5.91 Å². The fourth-order valence-electron chi connectivity index (χ4n) is 1.98. The first kappa shape index (κ1) is 12.1. The van der Waals surface area contributed by atoms with Gasteiger partial charge in [-0.25, -0.2) is 0 Å². The Bertz CT molecular complexity index is 465. The maximum absolute atomic E-state index is 12.4. The number of piperazine rings is 1. The highest BCUT2D eigenvalue weighted by molar-refractivity contribution is 7.08. The number of amides is 2. The summed E-state index contributed by atoms with van der Waals surface area (Å²) in [7, 11) is 0. The molecule has 1 fully saturated rings. The summed E-state index contributed by atoms with van der Waals surface area (Å²) in [5.41, 5.74) is 0.906. The van der Waals surface area contributed by atoms with Gasteiger partial charge in [0, 0.05) is 18.5 Å². The minimum absolute atomic E-state index is 0.0522. The highest BCUT2D eigenvalue weighted by Crippen LogP contribution is 2.23. The van der Waals surface area contributed by atoms with Crippen molar-refractivity contribution in [3.05, 3.63) is 21.9 Å². The Kier molecular flexibility index (Phi) is 2.95. The Morgan fingerprint density at radius 3 is 2.76 bits per heavy atom. The Labute approximate surface area is 105 Å². The molecule has 0 atom stereocenters. The van der Waals surface area contributed by atoms with Crippen molar-refractivity contribution in [3.8, 4) is 0 Å². The van der Waals surface area contributed by atoms with Crippen molar-refractivity contribution in [2.24, 2.45) is 0 Å². The van der Waals surface area contributed by atoms with E-state index >= 15 is 0 Å². The molecule has 0 radical (unpaired) electrons. The Hall–Kier alpha value is -1.36. The summed E-state index contributed by atoms with van der Waals surface area (Å²) in [5, 5.41) is 6.58. The number of rotatable bonds is 1. The molecule has 0 saturated carbocycles. The third-order valence-electron chi connectivity index (χ3n) is 3.18. The summed E-state index contributed by atoms with van der Waals surface area (Å²) in [5.74, 6) is -0.145. The van der Waals surface area contributed by atoms with Crippen LogP contribution in [-0.2, 0) is 4.79 Å². The van der Waals surface area contributed by atoms with Crippen LogP contribution in [0.4, 0.5) is 0 Å². The Morgan fingerprint density at radius 1 is 1.47 bits per heavy atom. The van der Waals surface area contributed by atoms with Crippen LogP contribution in [0, 0.1) is 6.92 Å². The Balaban J connectivity index is 2.31. The molecule has 1 N–H and O–H groups in total. The SMILES string of the molecule is Cc1cscc1C(=O)N1CCNC(=O)C1(C)C. The van der Waals surface area contributed by atoms with E-state index < -0.39 is 5.54 Å². The van der Waals surface area contributed by atoms with Gasteiger partial charge in [-0.15, -0.1) is 0 Å². The van der Waals surface area contributed by atoms with E-state index in [2.05, 4.69) is 5.32 Å². The smallest absolute Gasteiger partial charge is 0.255 e. The molecule has 0 spiro atoms. The van der Waals surface area contributed by atoms with Crippen molar-refractivity contribution in [1.82, 2.24) is 10.2 Å². The number of hydrogen-bond donors (Lipinski definition) is 1. The van der Waals surface area contributed by atoms with Crippen molar-refractivity contribution in [2.45, 2.75) is 26.3 Å². The summed E-state index contributed by atoms with van der Waals surface area (Å²) in [6.45, 7) is 6.56. The topological polar surface area (TPSA) is 49.4 Å². The lowest BCUT2D eigenvalue weighted by Gasteiger charge is -2.41. The predicted octanol–water partition coefficient (Wildman–Crippen LogP) is 1.41. The van der Waals surface area contributed by atoms with Crippen LogP contribution in [0.1, 0.15) is 29.8 Å². The number of aryl methyl sites for hydroxylation is 1. The minimum atomic E-state index is -0.774. The second-order valence-electron chi connectivity index (χ2n) is 4.74. The number of carbonyl (C=O) groups excluding carboxylic acids is 2. The molecule has 0 unspecified atom stereocenters. The molecule has 1 aliphatic rings. The molecule has 0 aromatic carbocycles. The van der Waals surface area contributed by atoms with Crippen LogP contribution in [0.15, 0.2) is 10.8 Å². The van der Waals surface area contributed by atoms with Crippen LogP contribution in [0.3, 0.4) is 0 Å². The van der Waals surface area contributed by atoms with Gasteiger partial charge in [-0.05, 0) is 31.7 Å². The second-order valence-corrected chi connectivity index (χ2v) is 5.48. The van der Waals surface area contributed by atoms with Crippen LogP contribution in [0.5, 0.6) is 0 Å². The molecular weight excluding hydrogens is 236 g/mol. The van der Waals surface area contributed by atoms with E-state index in [4.69, 9.17) is 0 Å². The summed E-state index contributed by atoms with van der Waals surface area (Å²) < 4.78 is 0. The lowest BCUT2D eigenvalue weighted by atomic mass is 9.97. The molecule has 2 amide bonds. The largest absolute Gasteiger partial charge is 0.352 e. The molecule has 92 valence electrons. The summed E-state index contributed by atoms with van der Waals surface area (Å²) in [6.07, 6.45) is 0. The van der Waals surface area contributed by atoms with Gasteiger partial charge >= 0.3 is 0 Å². The van der Waals surface area contributed by atoms with Crippen molar-refractivity contribution in [1.29, 1.82) is 0 Å². The molecule has 2 rings (SSSR count). The van der Waals surface area contributed by atoms with Crippen LogP contribution in [0.2, 0.25) is 0 Å². The number of hydrogen-bond acceptors (Lipinski definition) is 3. The lowest BCUT2D eigenvalue weighted by Crippen LogP contribution is -2.63. The average molecular weight is 252 g/mol. The molecule has 1 aromatic heterocycles. The number of nitrogens with one attached hydrogen (secondary N) is 1. The van der Waals surface area contributed by atoms with Crippen molar-refractivity contribution in [3.63, 3.8) is 0 Å². The standard InChI is InChI=1S/C12H16N2O2S/c1-8-6-17-7-9(8)10(15)14-5-4-13-11(16)12(14,2)3/h6-7H,4-5H2,1-3H3,(H,13,16). The first-order valence-electron chi connectivity index (χ1n) is 5.57. The lowest BCUT2D eigenvalue weighted by molar-refractivity contribution is -0.133. The third-order valence-corrected chi connectivity index (χ3v) is 4.04. The zero-order valence-electron chi connectivity index (χ0n) is 10.2. The van der Waals surface area contributed by atoms with Gasteiger partial charge in [0.15, 0.2) is 0 Å². The second kappa shape index (κ2) is 4.14. The summed E-state index contributed by atoms with van der Waals surface area (Å²) in [4.78, 5) is 25.8. The molecule has 4 nitrogen and oxygen atoms in total. The number of nitrogens with zero attached hydrogens (tertiary/aromatic N) is 1. The molecule has 0 aliphatic carbocycles. The van der Waals surface area contributed by atoms with Crippen molar-refractivity contribution < 1.29 is 9.59 Å². The van der Waals surface area contributed by atoms with Crippen molar-refractivity contribution >= 4 is 23.2 Å². The number of thiophene rings is 1. The normalized spacial score (nSPS) is 19.0. The molecule has 17 heavy (non-hydrogen) atoms. The summed E-state index contributed by atoms with van der Waals surface area (Å²) in [6, 6.07) is 0. The first-order chi connectivity index (χ1) is 7.94. The van der Waals surface area contributed by atoms with Gasteiger partial charge in [-0.2, -0.15) is 11.3 Å². The average Bonchev–Trinajstić information content (AvgIpc) is 2.68. The van der Waals surface area contributed by atoms with Crippen LogP contribution >= 0.6 is 11.3 Å². The quantitative estimate of drug-likeness (QED) is 0.821. The van der Waals surface area contributed by atoms with E-state index in [-0.39, 0.29) is 11.8 Å². The zero-order valence-corrected chi connectivity index (χ0v) is 11.1. The van der Waals surface area contributed by atoms with Crippen LogP contribution in [0.25, 0.3) is 0 Å². The molecule has 1 aromatic rings. The maximum atomic E-state index is 12.4. The Morgan fingerprint density at radius 2 is 2.18 bits per heavy atom. The molecule has 5 heteroatoms. The van der Waals surface area contributed by atoms with E-state index in [9.17, 15) is 9.59 Å². The highest BCUT2D eigenvalue weighted by Gasteiger charge is 2.40. The molecule has 1 saturated heterocycles. The number of carbonyl (C=O) groups is 2. The van der Waals surface area contributed by atoms with Gasteiger partial charge in [0.1, 0.15) is 5.54 Å². The molecular formula is C12H16N2O2S. The monoisotopic (exact) mass is 252 g/mol. The molecule has 0 bridgehead atoms. The maximum Gasteiger partial charge on any atom is 0.255 e. The minimum Gasteiger partial charge on any atom is -0.352 e. The van der Waals surface area contributed by atoms with Gasteiger partial charge in [-0.3, -0.25) is 9.59 Å². The van der Waals surface area contributed by atoms with E-state index in [1.807, 2.05) is 17.7 Å². The van der Waals surface area contributed by atoms with Crippen LogP contribution < -0.4 is 5.32 Å². The van der Waals surface area contributed by atoms with Crippen LogP contribution in [-0.4, -0.2) is 35.3 Å². The van der Waals surface area contributed by atoms with Crippen molar-refractivity contribution in [2.75, 3.05) is 13.1 Å². The van der Waals surface area contributed by atoms with Gasteiger partial charge in [0.2, 0.25) is 5.91 Å². The van der Waals surface area contributed by atoms with Gasteiger partial charge < -0.3 is 10.2 Å². The fourth-order valence-corrected chi connectivity index (χ4v) is 2.80.